The Bertz CT molecular complexity index is 457. The molecule has 112 valence electrons. The molecule has 20 heavy (non-hydrogen) atoms. The van der Waals surface area contributed by atoms with E-state index < -0.39 is 5.97 Å². The summed E-state index contributed by atoms with van der Waals surface area (Å²) in [4.78, 5) is 23.9. The van der Waals surface area contributed by atoms with Crippen molar-refractivity contribution in [3.8, 4) is 0 Å². The summed E-state index contributed by atoms with van der Waals surface area (Å²) in [6.07, 6.45) is 0.423. The molecule has 0 saturated carbocycles. The average Bonchev–Trinajstić information content (AvgIpc) is 2.34. The number of carboxylic acids is 1. The van der Waals surface area contributed by atoms with Gasteiger partial charge in [0, 0.05) is 29.7 Å². The van der Waals surface area contributed by atoms with Crippen molar-refractivity contribution in [2.75, 3.05) is 25.5 Å². The zero-order valence-corrected chi connectivity index (χ0v) is 13.5. The molecule has 0 aliphatic heterocycles. The number of benzene rings is 1. The first-order valence-corrected chi connectivity index (χ1v) is 6.72. The molecule has 5 nitrogen and oxygen atoms in total. The molecule has 0 aromatic heterocycles. The van der Waals surface area contributed by atoms with E-state index in [0.717, 1.165) is 10.2 Å². The number of aliphatic carboxylic acids is 1. The smallest absolute Gasteiger partial charge is 0.304 e. The highest BCUT2D eigenvalue weighted by atomic mass is 79.9. The first-order valence-electron chi connectivity index (χ1n) is 5.93. The second kappa shape index (κ2) is 9.74. The number of anilines is 1. The van der Waals surface area contributed by atoms with Gasteiger partial charge in [0.1, 0.15) is 0 Å². The van der Waals surface area contributed by atoms with E-state index in [4.69, 9.17) is 5.11 Å². The van der Waals surface area contributed by atoms with Crippen LogP contribution in [0.3, 0.4) is 0 Å². The van der Waals surface area contributed by atoms with Gasteiger partial charge in [-0.15, -0.1) is 12.4 Å². The van der Waals surface area contributed by atoms with Crippen molar-refractivity contribution in [2.45, 2.75) is 12.8 Å². The maximum atomic E-state index is 11.7. The predicted molar refractivity (Wildman–Crippen MR) is 84.4 cm³/mol. The monoisotopic (exact) mass is 364 g/mol. The number of carbonyl (C=O) groups is 2. The number of hydrogen-bond acceptors (Lipinski definition) is 3. The molecule has 0 spiro atoms. The van der Waals surface area contributed by atoms with Crippen LogP contribution >= 0.6 is 28.3 Å². The lowest BCUT2D eigenvalue weighted by Gasteiger charge is -2.14. The molecule has 7 heteroatoms. The largest absolute Gasteiger partial charge is 0.481 e. The highest BCUT2D eigenvalue weighted by molar-refractivity contribution is 9.10. The molecule has 1 aromatic carbocycles. The molecular weight excluding hydrogens is 348 g/mol. The van der Waals surface area contributed by atoms with Gasteiger partial charge in [-0.05, 0) is 25.2 Å². The van der Waals surface area contributed by atoms with Gasteiger partial charge in [-0.3, -0.25) is 9.59 Å². The number of hydrogen-bond donors (Lipinski definition) is 2. The van der Waals surface area contributed by atoms with Crippen molar-refractivity contribution < 1.29 is 14.7 Å². The van der Waals surface area contributed by atoms with Gasteiger partial charge < -0.3 is 15.3 Å². The topological polar surface area (TPSA) is 69.6 Å². The molecule has 0 atom stereocenters. The molecule has 0 unspecified atom stereocenters. The molecule has 0 fully saturated rings. The normalized spacial score (nSPS) is 9.95. The number of nitrogens with zero attached hydrogens (tertiary/aromatic N) is 1. The minimum absolute atomic E-state index is 0. The van der Waals surface area contributed by atoms with E-state index in [1.54, 1.807) is 7.05 Å². The van der Waals surface area contributed by atoms with E-state index in [0.29, 0.717) is 19.5 Å². The first kappa shape index (κ1) is 18.9. The molecule has 0 aliphatic carbocycles. The Balaban J connectivity index is 0.00000361. The standard InChI is InChI=1S/C13H17BrN2O3.ClH/c1-16(8-6-13(18)19)7-5-12(17)15-11-4-2-3-10(14)9-11;/h2-4,9H,5-8H2,1H3,(H,15,17)(H,18,19);1H. The summed E-state index contributed by atoms with van der Waals surface area (Å²) in [5.41, 5.74) is 0.743. The van der Waals surface area contributed by atoms with Gasteiger partial charge in [0.2, 0.25) is 5.91 Å². The van der Waals surface area contributed by atoms with Gasteiger partial charge in [-0.25, -0.2) is 0 Å². The third-order valence-electron chi connectivity index (χ3n) is 2.54. The average molecular weight is 366 g/mol. The molecule has 2 N–H and O–H groups in total. The Morgan fingerprint density at radius 3 is 2.55 bits per heavy atom. The van der Waals surface area contributed by atoms with Crippen molar-refractivity contribution in [1.29, 1.82) is 0 Å². The maximum Gasteiger partial charge on any atom is 0.304 e. The molecule has 1 amide bonds. The van der Waals surface area contributed by atoms with Gasteiger partial charge in [-0.1, -0.05) is 22.0 Å². The summed E-state index contributed by atoms with van der Waals surface area (Å²) in [5.74, 6) is -0.911. The summed E-state index contributed by atoms with van der Waals surface area (Å²) < 4.78 is 0.906. The number of nitrogens with one attached hydrogen (secondary N) is 1. The van der Waals surface area contributed by atoms with Gasteiger partial charge in [-0.2, -0.15) is 0 Å². The summed E-state index contributed by atoms with van der Waals surface area (Å²) in [7, 11) is 1.80. The van der Waals surface area contributed by atoms with Crippen molar-refractivity contribution in [2.24, 2.45) is 0 Å². The fraction of sp³-hybridized carbons (Fsp3) is 0.385. The van der Waals surface area contributed by atoms with Crippen molar-refractivity contribution in [3.05, 3.63) is 28.7 Å². The molecule has 1 aromatic rings. The molecule has 0 heterocycles. The third kappa shape index (κ3) is 8.14. The van der Waals surface area contributed by atoms with Crippen LogP contribution in [0.25, 0.3) is 0 Å². The molecule has 0 saturated heterocycles. The number of carbonyl (C=O) groups excluding carboxylic acids is 1. The first-order chi connectivity index (χ1) is 8.97. The zero-order chi connectivity index (χ0) is 14.3. The summed E-state index contributed by atoms with van der Waals surface area (Å²) in [6.45, 7) is 0.979. The minimum atomic E-state index is -0.828. The van der Waals surface area contributed by atoms with Gasteiger partial charge in [0.05, 0.1) is 6.42 Å². The number of rotatable bonds is 7. The fourth-order valence-electron chi connectivity index (χ4n) is 1.48. The number of halogens is 2. The van der Waals surface area contributed by atoms with Gasteiger partial charge in [0.15, 0.2) is 0 Å². The number of amides is 1. The van der Waals surface area contributed by atoms with E-state index in [2.05, 4.69) is 21.2 Å². The lowest BCUT2D eigenvalue weighted by atomic mass is 10.3. The van der Waals surface area contributed by atoms with Crippen molar-refractivity contribution in [3.63, 3.8) is 0 Å². The molecule has 0 radical (unpaired) electrons. The Labute approximate surface area is 132 Å². The Morgan fingerprint density at radius 1 is 1.30 bits per heavy atom. The van der Waals surface area contributed by atoms with Crippen molar-refractivity contribution >= 4 is 45.9 Å². The quantitative estimate of drug-likeness (QED) is 0.779. The fourth-order valence-corrected chi connectivity index (χ4v) is 1.88. The van der Waals surface area contributed by atoms with E-state index in [1.807, 2.05) is 29.2 Å². The zero-order valence-electron chi connectivity index (χ0n) is 11.1. The summed E-state index contributed by atoms with van der Waals surface area (Å²) >= 11 is 3.33. The van der Waals surface area contributed by atoms with Crippen LogP contribution < -0.4 is 5.32 Å². The van der Waals surface area contributed by atoms with Crippen LogP contribution in [0.1, 0.15) is 12.8 Å². The SMILES string of the molecule is CN(CCC(=O)O)CCC(=O)Nc1cccc(Br)c1.Cl. The van der Waals surface area contributed by atoms with Crippen LogP contribution in [0.15, 0.2) is 28.7 Å². The Hall–Kier alpha value is -1.11. The summed E-state index contributed by atoms with van der Waals surface area (Å²) in [5, 5.41) is 11.3. The van der Waals surface area contributed by atoms with Gasteiger partial charge >= 0.3 is 5.97 Å². The third-order valence-corrected chi connectivity index (χ3v) is 3.03. The van der Waals surface area contributed by atoms with Gasteiger partial charge in [0.25, 0.3) is 0 Å². The lowest BCUT2D eigenvalue weighted by Crippen LogP contribution is -2.26. The number of carboxylic acid groups (broad SMARTS) is 1. The van der Waals surface area contributed by atoms with E-state index >= 15 is 0 Å². The van der Waals surface area contributed by atoms with E-state index in [9.17, 15) is 9.59 Å². The Kier molecular flexibility index (Phi) is 9.20. The van der Waals surface area contributed by atoms with Crippen LogP contribution in [-0.2, 0) is 9.59 Å². The maximum absolute atomic E-state index is 11.7. The summed E-state index contributed by atoms with van der Waals surface area (Å²) in [6, 6.07) is 7.37. The van der Waals surface area contributed by atoms with Crippen molar-refractivity contribution in [1.82, 2.24) is 4.90 Å². The second-order valence-corrected chi connectivity index (χ2v) is 5.17. The lowest BCUT2D eigenvalue weighted by molar-refractivity contribution is -0.137. The highest BCUT2D eigenvalue weighted by Gasteiger charge is 2.06. The molecule has 1 rings (SSSR count). The second-order valence-electron chi connectivity index (χ2n) is 4.26. The predicted octanol–water partition coefficient (Wildman–Crippen LogP) is 2.61. The highest BCUT2D eigenvalue weighted by Crippen LogP contribution is 2.15. The molecular formula is C13H18BrClN2O3. The van der Waals surface area contributed by atoms with E-state index in [1.165, 1.54) is 0 Å². The minimum Gasteiger partial charge on any atom is -0.481 e. The van der Waals surface area contributed by atoms with Crippen LogP contribution in [0.5, 0.6) is 0 Å². The van der Waals surface area contributed by atoms with Crippen LogP contribution in [0.2, 0.25) is 0 Å². The van der Waals surface area contributed by atoms with Crippen LogP contribution in [-0.4, -0.2) is 42.0 Å². The van der Waals surface area contributed by atoms with E-state index in [-0.39, 0.29) is 24.7 Å². The van der Waals surface area contributed by atoms with Crippen LogP contribution in [0.4, 0.5) is 5.69 Å². The molecule has 0 aliphatic rings. The molecule has 0 bridgehead atoms. The van der Waals surface area contributed by atoms with Crippen LogP contribution in [0, 0.1) is 0 Å². The Morgan fingerprint density at radius 2 is 1.95 bits per heavy atom.